The summed E-state index contributed by atoms with van der Waals surface area (Å²) in [5.41, 5.74) is 0.645. The standard InChI is InChI=1S/C12H13NO5/c1-17-11(14)7-2-5-9(13-12(15)16)10(6-7)18-8-3-4-8/h2,5-6,8,13H,3-4H2,1H3,(H,15,16). The molecule has 1 fully saturated rings. The van der Waals surface area contributed by atoms with E-state index in [-0.39, 0.29) is 6.10 Å². The van der Waals surface area contributed by atoms with Crippen molar-refractivity contribution in [1.82, 2.24) is 0 Å². The Morgan fingerprint density at radius 2 is 2.11 bits per heavy atom. The van der Waals surface area contributed by atoms with E-state index >= 15 is 0 Å². The van der Waals surface area contributed by atoms with Crippen LogP contribution in [-0.4, -0.2) is 30.4 Å². The van der Waals surface area contributed by atoms with E-state index in [2.05, 4.69) is 10.1 Å². The van der Waals surface area contributed by atoms with Gasteiger partial charge < -0.3 is 14.6 Å². The van der Waals surface area contributed by atoms with Crippen LogP contribution < -0.4 is 10.1 Å². The van der Waals surface area contributed by atoms with Gasteiger partial charge in [-0.15, -0.1) is 0 Å². The number of carbonyl (C=O) groups excluding carboxylic acids is 1. The third-order valence-electron chi connectivity index (χ3n) is 2.46. The number of amides is 1. The van der Waals surface area contributed by atoms with Gasteiger partial charge in [0.05, 0.1) is 24.5 Å². The number of methoxy groups -OCH3 is 1. The smallest absolute Gasteiger partial charge is 0.409 e. The first-order chi connectivity index (χ1) is 8.60. The van der Waals surface area contributed by atoms with Gasteiger partial charge in [-0.25, -0.2) is 9.59 Å². The van der Waals surface area contributed by atoms with E-state index in [1.165, 1.54) is 25.3 Å². The number of carboxylic acid groups (broad SMARTS) is 1. The lowest BCUT2D eigenvalue weighted by Gasteiger charge is -2.11. The Morgan fingerprint density at radius 1 is 1.39 bits per heavy atom. The van der Waals surface area contributed by atoms with Gasteiger partial charge in [0.1, 0.15) is 5.75 Å². The summed E-state index contributed by atoms with van der Waals surface area (Å²) >= 11 is 0. The first kappa shape index (κ1) is 12.2. The zero-order chi connectivity index (χ0) is 13.1. The number of nitrogens with one attached hydrogen (secondary N) is 1. The Hall–Kier alpha value is -2.24. The molecule has 0 aliphatic heterocycles. The fourth-order valence-electron chi connectivity index (χ4n) is 1.45. The fraction of sp³-hybridized carbons (Fsp3) is 0.333. The summed E-state index contributed by atoms with van der Waals surface area (Å²) in [6.45, 7) is 0. The molecule has 0 heterocycles. The number of ether oxygens (including phenoxy) is 2. The third-order valence-corrected chi connectivity index (χ3v) is 2.46. The van der Waals surface area contributed by atoms with Crippen molar-refractivity contribution in [2.75, 3.05) is 12.4 Å². The minimum Gasteiger partial charge on any atom is -0.488 e. The Morgan fingerprint density at radius 3 is 2.67 bits per heavy atom. The maximum Gasteiger partial charge on any atom is 0.409 e. The average molecular weight is 251 g/mol. The second kappa shape index (κ2) is 4.95. The Bertz CT molecular complexity index is 481. The van der Waals surface area contributed by atoms with Gasteiger partial charge in [-0.05, 0) is 31.0 Å². The quantitative estimate of drug-likeness (QED) is 0.800. The number of hydrogen-bond acceptors (Lipinski definition) is 4. The van der Waals surface area contributed by atoms with E-state index in [4.69, 9.17) is 9.84 Å². The maximum absolute atomic E-state index is 11.4. The molecule has 1 aliphatic rings. The van der Waals surface area contributed by atoms with Gasteiger partial charge in [0.2, 0.25) is 0 Å². The number of benzene rings is 1. The van der Waals surface area contributed by atoms with Crippen LogP contribution in [0.3, 0.4) is 0 Å². The number of carbonyl (C=O) groups is 2. The minimum atomic E-state index is -1.18. The molecule has 0 radical (unpaired) electrons. The van der Waals surface area contributed by atoms with Gasteiger partial charge in [0.15, 0.2) is 0 Å². The highest BCUT2D eigenvalue weighted by Gasteiger charge is 2.25. The highest BCUT2D eigenvalue weighted by Crippen LogP contribution is 2.33. The molecule has 0 aromatic heterocycles. The van der Waals surface area contributed by atoms with Crippen LogP contribution in [-0.2, 0) is 4.74 Å². The lowest BCUT2D eigenvalue weighted by atomic mass is 10.2. The van der Waals surface area contributed by atoms with Gasteiger partial charge in [-0.2, -0.15) is 0 Å². The van der Waals surface area contributed by atoms with Gasteiger partial charge >= 0.3 is 12.1 Å². The molecule has 0 saturated heterocycles. The largest absolute Gasteiger partial charge is 0.488 e. The molecule has 1 aromatic rings. The van der Waals surface area contributed by atoms with E-state index < -0.39 is 12.1 Å². The van der Waals surface area contributed by atoms with Crippen LogP contribution in [0.25, 0.3) is 0 Å². The van der Waals surface area contributed by atoms with Crippen molar-refractivity contribution in [1.29, 1.82) is 0 Å². The molecule has 96 valence electrons. The van der Waals surface area contributed by atoms with Crippen molar-refractivity contribution < 1.29 is 24.2 Å². The van der Waals surface area contributed by atoms with E-state index in [0.29, 0.717) is 17.0 Å². The van der Waals surface area contributed by atoms with Gasteiger partial charge in [0.25, 0.3) is 0 Å². The van der Waals surface area contributed by atoms with Crippen molar-refractivity contribution in [3.8, 4) is 5.75 Å². The first-order valence-electron chi connectivity index (χ1n) is 5.49. The molecule has 0 unspecified atom stereocenters. The Balaban J connectivity index is 2.27. The zero-order valence-corrected chi connectivity index (χ0v) is 9.80. The van der Waals surface area contributed by atoms with Crippen LogP contribution in [0.4, 0.5) is 10.5 Å². The molecule has 1 aliphatic carbocycles. The molecule has 18 heavy (non-hydrogen) atoms. The van der Waals surface area contributed by atoms with Crippen molar-refractivity contribution in [2.24, 2.45) is 0 Å². The van der Waals surface area contributed by atoms with E-state index in [1.807, 2.05) is 0 Å². The number of anilines is 1. The van der Waals surface area contributed by atoms with Crippen molar-refractivity contribution in [3.05, 3.63) is 23.8 Å². The van der Waals surface area contributed by atoms with E-state index in [0.717, 1.165) is 12.8 Å². The van der Waals surface area contributed by atoms with Crippen LogP contribution in [0.5, 0.6) is 5.75 Å². The van der Waals surface area contributed by atoms with E-state index in [9.17, 15) is 9.59 Å². The highest BCUT2D eigenvalue weighted by atomic mass is 16.5. The molecule has 0 spiro atoms. The first-order valence-corrected chi connectivity index (χ1v) is 5.49. The number of esters is 1. The predicted molar refractivity (Wildman–Crippen MR) is 63.1 cm³/mol. The molecule has 1 saturated carbocycles. The summed E-state index contributed by atoms with van der Waals surface area (Å²) in [5.74, 6) is -0.139. The highest BCUT2D eigenvalue weighted by molar-refractivity contribution is 5.92. The monoisotopic (exact) mass is 251 g/mol. The van der Waals surface area contributed by atoms with Gasteiger partial charge in [0, 0.05) is 0 Å². The van der Waals surface area contributed by atoms with Crippen LogP contribution in [0.15, 0.2) is 18.2 Å². The van der Waals surface area contributed by atoms with Crippen LogP contribution in [0, 0.1) is 0 Å². The molecule has 6 nitrogen and oxygen atoms in total. The second-order valence-electron chi connectivity index (χ2n) is 3.95. The van der Waals surface area contributed by atoms with Gasteiger partial charge in [-0.1, -0.05) is 0 Å². The predicted octanol–water partition coefficient (Wildman–Crippen LogP) is 2.10. The Labute approximate surface area is 104 Å². The lowest BCUT2D eigenvalue weighted by Crippen LogP contribution is -2.11. The third kappa shape index (κ3) is 2.91. The molecule has 0 bridgehead atoms. The zero-order valence-electron chi connectivity index (χ0n) is 9.80. The molecule has 1 amide bonds. The Kier molecular flexibility index (Phi) is 3.36. The van der Waals surface area contributed by atoms with Crippen LogP contribution >= 0.6 is 0 Å². The van der Waals surface area contributed by atoms with Gasteiger partial charge in [-0.3, -0.25) is 5.32 Å². The second-order valence-corrected chi connectivity index (χ2v) is 3.95. The van der Waals surface area contributed by atoms with Crippen LogP contribution in [0.1, 0.15) is 23.2 Å². The summed E-state index contributed by atoms with van der Waals surface area (Å²) in [6, 6.07) is 4.45. The molecular formula is C12H13NO5. The summed E-state index contributed by atoms with van der Waals surface area (Å²) in [5, 5.41) is 10.9. The molecular weight excluding hydrogens is 238 g/mol. The van der Waals surface area contributed by atoms with Crippen molar-refractivity contribution in [2.45, 2.75) is 18.9 Å². The SMILES string of the molecule is COC(=O)c1ccc(NC(=O)O)c(OC2CC2)c1. The van der Waals surface area contributed by atoms with Crippen LogP contribution in [0.2, 0.25) is 0 Å². The molecule has 1 aromatic carbocycles. The fourth-order valence-corrected chi connectivity index (χ4v) is 1.45. The van der Waals surface area contributed by atoms with E-state index in [1.54, 1.807) is 0 Å². The molecule has 6 heteroatoms. The maximum atomic E-state index is 11.4. The summed E-state index contributed by atoms with van der Waals surface area (Å²) in [4.78, 5) is 22.0. The summed E-state index contributed by atoms with van der Waals surface area (Å²) in [7, 11) is 1.28. The minimum absolute atomic E-state index is 0.104. The summed E-state index contributed by atoms with van der Waals surface area (Å²) < 4.78 is 10.2. The molecule has 0 atom stereocenters. The topological polar surface area (TPSA) is 84.9 Å². The lowest BCUT2D eigenvalue weighted by molar-refractivity contribution is 0.0600. The average Bonchev–Trinajstić information content (AvgIpc) is 3.13. The number of hydrogen-bond donors (Lipinski definition) is 2. The normalized spacial score (nSPS) is 13.8. The van der Waals surface area contributed by atoms with Crippen molar-refractivity contribution >= 4 is 17.7 Å². The molecule has 2 rings (SSSR count). The van der Waals surface area contributed by atoms with Crippen molar-refractivity contribution in [3.63, 3.8) is 0 Å². The number of rotatable bonds is 4. The molecule has 2 N–H and O–H groups in total. The summed E-state index contributed by atoms with van der Waals surface area (Å²) in [6.07, 6.45) is 0.804.